The van der Waals surface area contributed by atoms with Crippen LogP contribution in [-0.2, 0) is 14.3 Å². The van der Waals surface area contributed by atoms with Crippen LogP contribution in [0.4, 0.5) is 0 Å². The van der Waals surface area contributed by atoms with E-state index in [1.807, 2.05) is 0 Å². The summed E-state index contributed by atoms with van der Waals surface area (Å²) in [5, 5.41) is 2.85. The van der Waals surface area contributed by atoms with Crippen molar-refractivity contribution < 1.29 is 14.3 Å². The SMILES string of the molecule is CCCCN(C)C(=O)C1(C(=O)NCCCOC)CC1. The quantitative estimate of drug-likeness (QED) is 0.505. The summed E-state index contributed by atoms with van der Waals surface area (Å²) in [4.78, 5) is 26.1. The van der Waals surface area contributed by atoms with Crippen molar-refractivity contribution in [2.24, 2.45) is 5.41 Å². The van der Waals surface area contributed by atoms with Gasteiger partial charge in [-0.1, -0.05) is 13.3 Å². The van der Waals surface area contributed by atoms with Gasteiger partial charge in [0.2, 0.25) is 11.8 Å². The Morgan fingerprint density at radius 1 is 1.32 bits per heavy atom. The number of rotatable bonds is 9. The number of nitrogens with one attached hydrogen (secondary N) is 1. The predicted molar refractivity (Wildman–Crippen MR) is 73.7 cm³/mol. The smallest absolute Gasteiger partial charge is 0.238 e. The van der Waals surface area contributed by atoms with Crippen LogP contribution in [0.5, 0.6) is 0 Å². The molecule has 0 aromatic rings. The molecule has 0 spiro atoms. The molecule has 0 radical (unpaired) electrons. The molecule has 0 heterocycles. The van der Waals surface area contributed by atoms with E-state index in [1.54, 1.807) is 19.1 Å². The van der Waals surface area contributed by atoms with Gasteiger partial charge in [-0.2, -0.15) is 0 Å². The first-order valence-corrected chi connectivity index (χ1v) is 7.11. The Morgan fingerprint density at radius 2 is 2.00 bits per heavy atom. The lowest BCUT2D eigenvalue weighted by molar-refractivity contribution is -0.143. The van der Waals surface area contributed by atoms with Gasteiger partial charge in [0.25, 0.3) is 0 Å². The summed E-state index contributed by atoms with van der Waals surface area (Å²) in [6, 6.07) is 0. The van der Waals surface area contributed by atoms with Crippen molar-refractivity contribution in [3.05, 3.63) is 0 Å². The first kappa shape index (κ1) is 16.0. The standard InChI is InChI=1S/C14H26N2O3/c1-4-5-10-16(2)13(18)14(7-8-14)12(17)15-9-6-11-19-3/h4-11H2,1-3H3,(H,15,17). The molecule has 0 aromatic carbocycles. The van der Waals surface area contributed by atoms with Crippen LogP contribution in [0.1, 0.15) is 39.0 Å². The molecule has 1 rings (SSSR count). The number of unbranched alkanes of at least 4 members (excludes halogenated alkanes) is 1. The summed E-state index contributed by atoms with van der Waals surface area (Å²) in [7, 11) is 3.42. The van der Waals surface area contributed by atoms with Gasteiger partial charge in [-0.3, -0.25) is 9.59 Å². The molecule has 0 saturated heterocycles. The van der Waals surface area contributed by atoms with Crippen LogP contribution in [0.3, 0.4) is 0 Å². The Labute approximate surface area is 115 Å². The minimum atomic E-state index is -0.768. The van der Waals surface area contributed by atoms with Crippen LogP contribution < -0.4 is 5.32 Å². The Balaban J connectivity index is 2.41. The molecule has 1 aliphatic carbocycles. The fraction of sp³-hybridized carbons (Fsp3) is 0.857. The average molecular weight is 270 g/mol. The summed E-state index contributed by atoms with van der Waals surface area (Å²) in [6.07, 6.45) is 4.16. The lowest BCUT2D eigenvalue weighted by Gasteiger charge is -2.22. The summed E-state index contributed by atoms with van der Waals surface area (Å²) in [6.45, 7) is 4.01. The molecule has 5 nitrogen and oxygen atoms in total. The zero-order valence-corrected chi connectivity index (χ0v) is 12.3. The van der Waals surface area contributed by atoms with Gasteiger partial charge in [0.1, 0.15) is 5.41 Å². The highest BCUT2D eigenvalue weighted by Crippen LogP contribution is 2.47. The number of carbonyl (C=O) groups is 2. The van der Waals surface area contributed by atoms with E-state index in [-0.39, 0.29) is 11.8 Å². The Hall–Kier alpha value is -1.10. The van der Waals surface area contributed by atoms with Gasteiger partial charge in [-0.05, 0) is 25.7 Å². The van der Waals surface area contributed by atoms with Crippen molar-refractivity contribution >= 4 is 11.8 Å². The lowest BCUT2D eigenvalue weighted by Crippen LogP contribution is -2.44. The molecule has 0 unspecified atom stereocenters. The fourth-order valence-electron chi connectivity index (χ4n) is 2.11. The highest BCUT2D eigenvalue weighted by Gasteiger charge is 2.57. The molecular formula is C14H26N2O3. The van der Waals surface area contributed by atoms with Gasteiger partial charge in [0.15, 0.2) is 0 Å². The minimum absolute atomic E-state index is 0.0230. The predicted octanol–water partition coefficient (Wildman–Crippen LogP) is 1.18. The molecular weight excluding hydrogens is 244 g/mol. The third-order valence-electron chi connectivity index (χ3n) is 3.60. The molecule has 0 atom stereocenters. The van der Waals surface area contributed by atoms with Crippen LogP contribution in [0.25, 0.3) is 0 Å². The monoisotopic (exact) mass is 270 g/mol. The van der Waals surface area contributed by atoms with Crippen LogP contribution in [0, 0.1) is 5.41 Å². The molecule has 1 saturated carbocycles. The molecule has 0 bridgehead atoms. The van der Waals surface area contributed by atoms with Crippen LogP contribution in [-0.4, -0.2) is 50.6 Å². The Kier molecular flexibility index (Phi) is 6.28. The first-order chi connectivity index (χ1) is 9.08. The molecule has 1 N–H and O–H groups in total. The van der Waals surface area contributed by atoms with Crippen molar-refractivity contribution in [3.63, 3.8) is 0 Å². The van der Waals surface area contributed by atoms with Crippen LogP contribution in [0.2, 0.25) is 0 Å². The van der Waals surface area contributed by atoms with E-state index in [2.05, 4.69) is 12.2 Å². The van der Waals surface area contributed by atoms with E-state index < -0.39 is 5.41 Å². The maximum absolute atomic E-state index is 12.3. The van der Waals surface area contributed by atoms with Gasteiger partial charge >= 0.3 is 0 Å². The zero-order chi connectivity index (χ0) is 14.3. The minimum Gasteiger partial charge on any atom is -0.385 e. The summed E-state index contributed by atoms with van der Waals surface area (Å²) >= 11 is 0. The number of carbonyl (C=O) groups excluding carboxylic acids is 2. The molecule has 5 heteroatoms. The van der Waals surface area contributed by atoms with Gasteiger partial charge in [-0.15, -0.1) is 0 Å². The maximum Gasteiger partial charge on any atom is 0.238 e. The number of nitrogens with zero attached hydrogens (tertiary/aromatic N) is 1. The van der Waals surface area contributed by atoms with E-state index >= 15 is 0 Å². The van der Waals surface area contributed by atoms with Crippen molar-refractivity contribution in [3.8, 4) is 0 Å². The maximum atomic E-state index is 12.3. The topological polar surface area (TPSA) is 58.6 Å². The van der Waals surface area contributed by atoms with E-state index in [4.69, 9.17) is 4.74 Å². The number of amides is 2. The summed E-state index contributed by atoms with van der Waals surface area (Å²) < 4.78 is 4.93. The van der Waals surface area contributed by atoms with Crippen LogP contribution >= 0.6 is 0 Å². The summed E-state index contributed by atoms with van der Waals surface area (Å²) in [5.74, 6) is -0.137. The molecule has 2 amide bonds. The first-order valence-electron chi connectivity index (χ1n) is 7.11. The second-order valence-electron chi connectivity index (χ2n) is 5.26. The molecule has 1 fully saturated rings. The summed E-state index contributed by atoms with van der Waals surface area (Å²) in [5.41, 5.74) is -0.768. The zero-order valence-electron chi connectivity index (χ0n) is 12.3. The largest absolute Gasteiger partial charge is 0.385 e. The molecule has 19 heavy (non-hydrogen) atoms. The van der Waals surface area contributed by atoms with Crippen molar-refractivity contribution in [1.29, 1.82) is 0 Å². The lowest BCUT2D eigenvalue weighted by atomic mass is 10.0. The molecule has 0 aliphatic heterocycles. The molecule has 1 aliphatic rings. The second-order valence-corrected chi connectivity index (χ2v) is 5.26. The number of methoxy groups -OCH3 is 1. The fourth-order valence-corrected chi connectivity index (χ4v) is 2.11. The van der Waals surface area contributed by atoms with E-state index in [9.17, 15) is 9.59 Å². The highest BCUT2D eigenvalue weighted by atomic mass is 16.5. The molecule has 110 valence electrons. The highest BCUT2D eigenvalue weighted by molar-refractivity contribution is 6.07. The van der Waals surface area contributed by atoms with Gasteiger partial charge < -0.3 is 15.0 Å². The van der Waals surface area contributed by atoms with Crippen molar-refractivity contribution in [2.45, 2.75) is 39.0 Å². The third kappa shape index (κ3) is 4.20. The number of hydrogen-bond donors (Lipinski definition) is 1. The van der Waals surface area contributed by atoms with Gasteiger partial charge in [0, 0.05) is 33.9 Å². The normalized spacial score (nSPS) is 15.9. The van der Waals surface area contributed by atoms with E-state index in [0.29, 0.717) is 26.0 Å². The van der Waals surface area contributed by atoms with Crippen molar-refractivity contribution in [1.82, 2.24) is 10.2 Å². The molecule has 0 aromatic heterocycles. The second kappa shape index (κ2) is 7.48. The van der Waals surface area contributed by atoms with Crippen molar-refractivity contribution in [2.75, 3.05) is 33.9 Å². The van der Waals surface area contributed by atoms with E-state index in [0.717, 1.165) is 25.8 Å². The Bertz CT molecular complexity index is 314. The van der Waals surface area contributed by atoms with Gasteiger partial charge in [0.05, 0.1) is 0 Å². The number of ether oxygens (including phenoxy) is 1. The Morgan fingerprint density at radius 3 is 2.53 bits per heavy atom. The van der Waals surface area contributed by atoms with Gasteiger partial charge in [-0.25, -0.2) is 0 Å². The average Bonchev–Trinajstić information content (AvgIpc) is 3.21. The number of hydrogen-bond acceptors (Lipinski definition) is 3. The van der Waals surface area contributed by atoms with Crippen LogP contribution in [0.15, 0.2) is 0 Å². The third-order valence-corrected chi connectivity index (χ3v) is 3.60. The van der Waals surface area contributed by atoms with E-state index in [1.165, 1.54) is 0 Å².